The van der Waals surface area contributed by atoms with Gasteiger partial charge in [0.2, 0.25) is 0 Å². The van der Waals surface area contributed by atoms with Gasteiger partial charge in [-0.05, 0) is 87.7 Å². The molecule has 0 radical (unpaired) electrons. The first kappa shape index (κ1) is 23.8. The van der Waals surface area contributed by atoms with Gasteiger partial charge in [-0.25, -0.2) is 4.39 Å². The van der Waals surface area contributed by atoms with E-state index in [9.17, 15) is 9.59 Å². The highest BCUT2D eigenvalue weighted by Gasteiger charge is 2.29. The molecule has 7 heteroatoms. The smallest absolute Gasteiger partial charge is 0.258 e. The van der Waals surface area contributed by atoms with E-state index in [-0.39, 0.29) is 17.6 Å². The fourth-order valence-electron chi connectivity index (χ4n) is 5.73. The average Bonchev–Trinajstić information content (AvgIpc) is 3.55. The Morgan fingerprint density at radius 3 is 2.60 bits per heavy atom. The van der Waals surface area contributed by atoms with Crippen LogP contribution in [0.4, 0.5) is 15.8 Å². The van der Waals surface area contributed by atoms with Gasteiger partial charge in [0.05, 0.1) is 5.69 Å². The molecule has 1 N–H and O–H groups in total. The van der Waals surface area contributed by atoms with Crippen LogP contribution in [0.5, 0.6) is 0 Å². The van der Waals surface area contributed by atoms with E-state index < -0.39 is 0 Å². The van der Waals surface area contributed by atoms with Gasteiger partial charge < -0.3 is 20.0 Å². The van der Waals surface area contributed by atoms with Crippen molar-refractivity contribution in [3.63, 3.8) is 0 Å². The summed E-state index contributed by atoms with van der Waals surface area (Å²) >= 11 is 0. The molecule has 0 unspecified atom stereocenters. The molecule has 0 spiro atoms. The molecular weight excluding hydrogens is 443 g/mol. The highest BCUT2D eigenvalue weighted by molar-refractivity contribution is 6.09. The molecule has 6 nitrogen and oxygen atoms in total. The molecule has 186 valence electrons. The van der Waals surface area contributed by atoms with Crippen molar-refractivity contribution in [3.8, 4) is 0 Å². The van der Waals surface area contributed by atoms with Gasteiger partial charge in [-0.1, -0.05) is 12.8 Å². The first-order chi connectivity index (χ1) is 16.9. The minimum Gasteiger partial charge on any atom is -0.368 e. The number of rotatable bonds is 6. The van der Waals surface area contributed by atoms with E-state index in [1.165, 1.54) is 31.7 Å². The molecule has 0 aromatic heterocycles. The second-order valence-electron chi connectivity index (χ2n) is 10.4. The SMILES string of the molecule is CN(C)[C@@H]1CCN(c2ccc(N3CCc4cc(C(=O)NCC5CCCC5)ccc4C3=O)cc2F)C1. The number of hydrogen-bond acceptors (Lipinski definition) is 4. The van der Waals surface area contributed by atoms with E-state index in [0.29, 0.717) is 47.4 Å². The molecule has 3 aliphatic rings. The van der Waals surface area contributed by atoms with Crippen LogP contribution in [-0.4, -0.2) is 63.0 Å². The molecule has 2 fully saturated rings. The first-order valence-corrected chi connectivity index (χ1v) is 12.8. The van der Waals surface area contributed by atoms with Crippen LogP contribution in [0.1, 0.15) is 58.4 Å². The summed E-state index contributed by atoms with van der Waals surface area (Å²) in [7, 11) is 4.11. The van der Waals surface area contributed by atoms with E-state index in [0.717, 1.165) is 31.6 Å². The summed E-state index contributed by atoms with van der Waals surface area (Å²) in [6.07, 6.45) is 6.51. The highest BCUT2D eigenvalue weighted by Crippen LogP contribution is 2.31. The molecular formula is C28H35FN4O2. The summed E-state index contributed by atoms with van der Waals surface area (Å²) in [4.78, 5) is 31.8. The minimum atomic E-state index is -0.296. The van der Waals surface area contributed by atoms with E-state index >= 15 is 4.39 Å². The summed E-state index contributed by atoms with van der Waals surface area (Å²) in [6.45, 7) is 2.81. The van der Waals surface area contributed by atoms with Crippen molar-refractivity contribution in [3.05, 3.63) is 58.9 Å². The van der Waals surface area contributed by atoms with E-state index in [1.54, 1.807) is 23.1 Å². The van der Waals surface area contributed by atoms with Gasteiger partial charge >= 0.3 is 0 Å². The highest BCUT2D eigenvalue weighted by atomic mass is 19.1. The Morgan fingerprint density at radius 1 is 1.09 bits per heavy atom. The molecule has 1 saturated heterocycles. The molecule has 2 aromatic carbocycles. The summed E-state index contributed by atoms with van der Waals surface area (Å²) in [6, 6.07) is 10.8. The lowest BCUT2D eigenvalue weighted by molar-refractivity contribution is 0.0943. The van der Waals surface area contributed by atoms with Crippen LogP contribution in [0.15, 0.2) is 36.4 Å². The predicted molar refractivity (Wildman–Crippen MR) is 137 cm³/mol. The van der Waals surface area contributed by atoms with Crippen LogP contribution in [0.25, 0.3) is 0 Å². The summed E-state index contributed by atoms with van der Waals surface area (Å²) in [5, 5.41) is 3.05. The molecule has 35 heavy (non-hydrogen) atoms. The number of hydrogen-bond donors (Lipinski definition) is 1. The van der Waals surface area contributed by atoms with Gasteiger partial charge in [-0.15, -0.1) is 0 Å². The van der Waals surface area contributed by atoms with Crippen LogP contribution in [-0.2, 0) is 6.42 Å². The number of carbonyl (C=O) groups is 2. The number of likely N-dealkylation sites (N-methyl/N-ethyl adjacent to an activating group) is 1. The lowest BCUT2D eigenvalue weighted by Crippen LogP contribution is -2.38. The average molecular weight is 479 g/mol. The van der Waals surface area contributed by atoms with Crippen molar-refractivity contribution >= 4 is 23.2 Å². The Kier molecular flexibility index (Phi) is 6.78. The number of anilines is 2. The quantitative estimate of drug-likeness (QED) is 0.680. The molecule has 1 atom stereocenters. The molecule has 1 aliphatic carbocycles. The van der Waals surface area contributed by atoms with Crippen LogP contribution in [0.3, 0.4) is 0 Å². The number of benzene rings is 2. The molecule has 0 bridgehead atoms. The maximum absolute atomic E-state index is 15.1. The normalized spacial score (nSPS) is 20.6. The first-order valence-electron chi connectivity index (χ1n) is 12.8. The fraction of sp³-hybridized carbons (Fsp3) is 0.500. The molecule has 2 aromatic rings. The monoisotopic (exact) mass is 478 g/mol. The number of nitrogens with zero attached hydrogens (tertiary/aromatic N) is 3. The van der Waals surface area contributed by atoms with Crippen molar-refractivity contribution in [1.29, 1.82) is 0 Å². The van der Waals surface area contributed by atoms with Crippen LogP contribution in [0.2, 0.25) is 0 Å². The van der Waals surface area contributed by atoms with Gasteiger partial charge in [0.1, 0.15) is 5.82 Å². The van der Waals surface area contributed by atoms with E-state index in [1.807, 2.05) is 12.1 Å². The third-order valence-electron chi connectivity index (χ3n) is 7.95. The van der Waals surface area contributed by atoms with Crippen molar-refractivity contribution in [2.75, 3.05) is 50.1 Å². The summed E-state index contributed by atoms with van der Waals surface area (Å²) in [5.41, 5.74) is 3.23. The Labute approximate surface area is 207 Å². The van der Waals surface area contributed by atoms with Gasteiger partial charge in [-0.3, -0.25) is 9.59 Å². The second kappa shape index (κ2) is 9.97. The largest absolute Gasteiger partial charge is 0.368 e. The number of amides is 2. The second-order valence-corrected chi connectivity index (χ2v) is 10.4. The Morgan fingerprint density at radius 2 is 1.89 bits per heavy atom. The van der Waals surface area contributed by atoms with Crippen molar-refractivity contribution in [2.24, 2.45) is 5.92 Å². The zero-order valence-corrected chi connectivity index (χ0v) is 20.7. The van der Waals surface area contributed by atoms with Crippen molar-refractivity contribution < 1.29 is 14.0 Å². The third kappa shape index (κ3) is 4.92. The molecule has 2 amide bonds. The van der Waals surface area contributed by atoms with Crippen LogP contribution in [0, 0.1) is 11.7 Å². The number of fused-ring (bicyclic) bond motifs is 1. The maximum Gasteiger partial charge on any atom is 0.258 e. The zero-order valence-electron chi connectivity index (χ0n) is 20.7. The minimum absolute atomic E-state index is 0.0781. The van der Waals surface area contributed by atoms with E-state index in [4.69, 9.17) is 0 Å². The zero-order chi connectivity index (χ0) is 24.5. The number of halogens is 1. The Hall–Kier alpha value is -2.93. The maximum atomic E-state index is 15.1. The standard InChI is InChI=1S/C28H35FN4O2/c1-31(2)23-12-13-32(18-23)26-10-8-22(16-25(26)29)33-14-11-20-15-21(7-9-24(20)28(33)35)27(34)30-17-19-5-3-4-6-19/h7-10,15-16,19,23H,3-6,11-14,17-18H2,1-2H3,(H,30,34)/t23-/m1/s1. The number of carbonyl (C=O) groups excluding carboxylic acids is 2. The summed E-state index contributed by atoms with van der Waals surface area (Å²) < 4.78 is 15.1. The van der Waals surface area contributed by atoms with Crippen LogP contribution >= 0.6 is 0 Å². The van der Waals surface area contributed by atoms with Crippen molar-refractivity contribution in [2.45, 2.75) is 44.6 Å². The predicted octanol–water partition coefficient (Wildman–Crippen LogP) is 4.09. The van der Waals surface area contributed by atoms with Crippen molar-refractivity contribution in [1.82, 2.24) is 10.2 Å². The molecule has 2 heterocycles. The Balaban J connectivity index is 1.27. The van der Waals surface area contributed by atoms with Gasteiger partial charge in [0, 0.05) is 49.0 Å². The van der Waals surface area contributed by atoms with Gasteiger partial charge in [0.15, 0.2) is 0 Å². The molecule has 2 aliphatic heterocycles. The van der Waals surface area contributed by atoms with Gasteiger partial charge in [-0.2, -0.15) is 0 Å². The lowest BCUT2D eigenvalue weighted by Gasteiger charge is -2.30. The fourth-order valence-corrected chi connectivity index (χ4v) is 5.73. The summed E-state index contributed by atoms with van der Waals surface area (Å²) in [5.74, 6) is 0.0592. The Bertz CT molecular complexity index is 1110. The lowest BCUT2D eigenvalue weighted by atomic mass is 9.95. The van der Waals surface area contributed by atoms with Gasteiger partial charge in [0.25, 0.3) is 11.8 Å². The number of nitrogens with one attached hydrogen (secondary N) is 1. The topological polar surface area (TPSA) is 55.9 Å². The third-order valence-corrected chi connectivity index (χ3v) is 7.95. The molecule has 1 saturated carbocycles. The molecule has 5 rings (SSSR count). The van der Waals surface area contributed by atoms with E-state index in [2.05, 4.69) is 29.2 Å². The van der Waals surface area contributed by atoms with Crippen LogP contribution < -0.4 is 15.1 Å².